The van der Waals surface area contributed by atoms with Crippen LogP contribution < -0.4 is 0 Å². The van der Waals surface area contributed by atoms with E-state index in [0.717, 1.165) is 19.0 Å². The lowest BCUT2D eigenvalue weighted by molar-refractivity contribution is -0.141. The van der Waals surface area contributed by atoms with Crippen molar-refractivity contribution in [2.45, 2.75) is 44.0 Å². The topological polar surface area (TPSA) is 104 Å². The number of tetrazole rings is 1. The highest BCUT2D eigenvalue weighted by Crippen LogP contribution is 2.27. The monoisotopic (exact) mass is 364 g/mol. The molecule has 0 saturated heterocycles. The van der Waals surface area contributed by atoms with Crippen LogP contribution >= 0.6 is 0 Å². The Labute approximate surface area is 136 Å². The number of halogens is 3. The molecule has 0 fully saturated rings. The van der Waals surface area contributed by atoms with Gasteiger partial charge in [-0.1, -0.05) is 13.3 Å². The van der Waals surface area contributed by atoms with Gasteiger partial charge in [-0.3, -0.25) is 0 Å². The molecule has 8 nitrogen and oxygen atoms in total. The summed E-state index contributed by atoms with van der Waals surface area (Å²) in [4.78, 5) is 6.85. The van der Waals surface area contributed by atoms with Crippen LogP contribution in [0.15, 0.2) is 12.3 Å². The predicted octanol–water partition coefficient (Wildman–Crippen LogP) is 1.40. The van der Waals surface area contributed by atoms with Crippen molar-refractivity contribution in [2.75, 3.05) is 0 Å². The summed E-state index contributed by atoms with van der Waals surface area (Å²) in [5.74, 6) is -1.51. The highest BCUT2D eigenvalue weighted by atomic mass is 32.2. The molecule has 0 radical (unpaired) electrons. The van der Waals surface area contributed by atoms with Crippen LogP contribution in [0.3, 0.4) is 0 Å². The van der Waals surface area contributed by atoms with E-state index in [4.69, 9.17) is 0 Å². The molecule has 0 aliphatic carbocycles. The van der Waals surface area contributed by atoms with E-state index in [9.17, 15) is 21.6 Å². The third-order valence-electron chi connectivity index (χ3n) is 3.02. The van der Waals surface area contributed by atoms with Crippen molar-refractivity contribution >= 4 is 9.84 Å². The molecular formula is C12H15F3N6O2S. The Bertz CT molecular complexity index is 790. The van der Waals surface area contributed by atoms with E-state index in [0.29, 0.717) is 12.6 Å². The lowest BCUT2D eigenvalue weighted by atomic mass is 10.3. The van der Waals surface area contributed by atoms with Crippen LogP contribution in [0.5, 0.6) is 0 Å². The minimum Gasteiger partial charge on any atom is -0.240 e. The molecule has 12 heteroatoms. The minimum atomic E-state index is -4.66. The fraction of sp³-hybridized carbons (Fsp3) is 0.583. The molecule has 0 unspecified atom stereocenters. The van der Waals surface area contributed by atoms with Crippen molar-refractivity contribution in [1.29, 1.82) is 0 Å². The first-order valence-electron chi connectivity index (χ1n) is 7.06. The Kier molecular flexibility index (Phi) is 5.47. The molecule has 0 aliphatic rings. The second-order valence-electron chi connectivity index (χ2n) is 5.06. The molecule has 2 aromatic heterocycles. The van der Waals surface area contributed by atoms with Gasteiger partial charge in [0, 0.05) is 12.7 Å². The fourth-order valence-corrected chi connectivity index (χ4v) is 3.11. The average molecular weight is 364 g/mol. The molecule has 0 amide bonds. The van der Waals surface area contributed by atoms with Gasteiger partial charge in [0.25, 0.3) is 0 Å². The van der Waals surface area contributed by atoms with Gasteiger partial charge in [-0.25, -0.2) is 23.1 Å². The summed E-state index contributed by atoms with van der Waals surface area (Å²) in [6.45, 7) is 2.43. The molecule has 0 bridgehead atoms. The van der Waals surface area contributed by atoms with Crippen molar-refractivity contribution in [3.63, 3.8) is 0 Å². The second-order valence-corrected chi connectivity index (χ2v) is 7.12. The standard InChI is InChI=1S/C12H15F3N6O2S/c1-2-3-6-21-11(18-19-20-21)8-24(22,23)7-10-16-5-4-9(17-10)12(13,14)15/h4-5H,2-3,6-8H2,1H3. The predicted molar refractivity (Wildman–Crippen MR) is 76.1 cm³/mol. The molecular weight excluding hydrogens is 349 g/mol. The number of nitrogens with zero attached hydrogens (tertiary/aromatic N) is 6. The van der Waals surface area contributed by atoms with Crippen LogP contribution in [0.2, 0.25) is 0 Å². The van der Waals surface area contributed by atoms with E-state index in [1.165, 1.54) is 4.68 Å². The first kappa shape index (κ1) is 18.2. The molecule has 2 aromatic rings. The van der Waals surface area contributed by atoms with E-state index < -0.39 is 39.0 Å². The third-order valence-corrected chi connectivity index (χ3v) is 4.42. The zero-order valence-corrected chi connectivity index (χ0v) is 13.5. The highest BCUT2D eigenvalue weighted by Gasteiger charge is 2.33. The zero-order chi connectivity index (χ0) is 17.8. The van der Waals surface area contributed by atoms with Gasteiger partial charge >= 0.3 is 6.18 Å². The maximum atomic E-state index is 12.6. The summed E-state index contributed by atoms with van der Waals surface area (Å²) in [6.07, 6.45) is -2.13. The van der Waals surface area contributed by atoms with Crippen LogP contribution in [-0.4, -0.2) is 38.6 Å². The normalized spacial score (nSPS) is 12.5. The highest BCUT2D eigenvalue weighted by molar-refractivity contribution is 7.89. The Balaban J connectivity index is 2.13. The van der Waals surface area contributed by atoms with Gasteiger partial charge in [-0.05, 0) is 22.9 Å². The van der Waals surface area contributed by atoms with Crippen molar-refractivity contribution in [3.8, 4) is 0 Å². The summed E-state index contributed by atoms with van der Waals surface area (Å²) in [6, 6.07) is 0.682. The minimum absolute atomic E-state index is 0.135. The molecule has 24 heavy (non-hydrogen) atoms. The molecule has 132 valence electrons. The van der Waals surface area contributed by atoms with E-state index in [-0.39, 0.29) is 5.82 Å². The van der Waals surface area contributed by atoms with Gasteiger partial charge < -0.3 is 0 Å². The SMILES string of the molecule is CCCCn1nnnc1CS(=O)(=O)Cc1nccc(C(F)(F)F)n1. The van der Waals surface area contributed by atoms with Crippen LogP contribution in [0.1, 0.15) is 37.1 Å². The Hall–Kier alpha value is -2.11. The van der Waals surface area contributed by atoms with Gasteiger partial charge in [-0.2, -0.15) is 13.2 Å². The molecule has 0 aliphatic heterocycles. The molecule has 2 rings (SSSR count). The first-order chi connectivity index (χ1) is 11.2. The lowest BCUT2D eigenvalue weighted by Gasteiger charge is -2.08. The average Bonchev–Trinajstić information content (AvgIpc) is 2.90. The van der Waals surface area contributed by atoms with Crippen LogP contribution in [-0.2, 0) is 34.1 Å². The van der Waals surface area contributed by atoms with E-state index >= 15 is 0 Å². The Morgan fingerprint density at radius 1 is 1.25 bits per heavy atom. The van der Waals surface area contributed by atoms with Gasteiger partial charge in [0.1, 0.15) is 23.0 Å². The summed E-state index contributed by atoms with van der Waals surface area (Å²) >= 11 is 0. The number of hydrogen-bond donors (Lipinski definition) is 0. The second kappa shape index (κ2) is 7.20. The smallest absolute Gasteiger partial charge is 0.240 e. The molecule has 0 spiro atoms. The maximum Gasteiger partial charge on any atom is 0.433 e. The number of aromatic nitrogens is 6. The van der Waals surface area contributed by atoms with Gasteiger partial charge in [-0.15, -0.1) is 5.10 Å². The summed E-state index contributed by atoms with van der Waals surface area (Å²) in [5.41, 5.74) is -1.18. The molecule has 0 N–H and O–H groups in total. The van der Waals surface area contributed by atoms with Gasteiger partial charge in [0.05, 0.1) is 0 Å². The van der Waals surface area contributed by atoms with Crippen LogP contribution in [0.4, 0.5) is 13.2 Å². The largest absolute Gasteiger partial charge is 0.433 e. The van der Waals surface area contributed by atoms with Crippen LogP contribution in [0, 0.1) is 0 Å². The molecule has 0 atom stereocenters. The molecule has 0 saturated carbocycles. The van der Waals surface area contributed by atoms with Crippen molar-refractivity contribution in [3.05, 3.63) is 29.6 Å². The summed E-state index contributed by atoms with van der Waals surface area (Å²) < 4.78 is 63.6. The quantitative estimate of drug-likeness (QED) is 0.731. The maximum absolute atomic E-state index is 12.6. The van der Waals surface area contributed by atoms with E-state index in [1.807, 2.05) is 6.92 Å². The van der Waals surface area contributed by atoms with E-state index in [1.54, 1.807) is 0 Å². The lowest BCUT2D eigenvalue weighted by Crippen LogP contribution is -2.16. The van der Waals surface area contributed by atoms with E-state index in [2.05, 4.69) is 25.5 Å². The number of rotatable bonds is 7. The third kappa shape index (κ3) is 4.94. The summed E-state index contributed by atoms with van der Waals surface area (Å²) in [5, 5.41) is 10.8. The molecule has 2 heterocycles. The summed E-state index contributed by atoms with van der Waals surface area (Å²) in [7, 11) is -3.82. The number of sulfone groups is 1. The fourth-order valence-electron chi connectivity index (χ4n) is 1.88. The number of aryl methyl sites for hydroxylation is 1. The number of alkyl halides is 3. The van der Waals surface area contributed by atoms with Crippen molar-refractivity contribution < 1.29 is 21.6 Å². The number of hydrogen-bond acceptors (Lipinski definition) is 7. The molecule has 0 aromatic carbocycles. The zero-order valence-electron chi connectivity index (χ0n) is 12.7. The van der Waals surface area contributed by atoms with Gasteiger partial charge in [0.15, 0.2) is 15.7 Å². The van der Waals surface area contributed by atoms with Crippen LogP contribution in [0.25, 0.3) is 0 Å². The van der Waals surface area contributed by atoms with Crippen molar-refractivity contribution in [1.82, 2.24) is 30.2 Å². The van der Waals surface area contributed by atoms with Gasteiger partial charge in [0.2, 0.25) is 0 Å². The van der Waals surface area contributed by atoms with Crippen molar-refractivity contribution in [2.24, 2.45) is 0 Å². The Morgan fingerprint density at radius 3 is 2.67 bits per heavy atom. The Morgan fingerprint density at radius 2 is 2.00 bits per heavy atom. The number of unbranched alkanes of at least 4 members (excludes halogenated alkanes) is 1. The first-order valence-corrected chi connectivity index (χ1v) is 8.88.